The smallest absolute Gasteiger partial charge is 0.119 e. The van der Waals surface area contributed by atoms with E-state index in [4.69, 9.17) is 10.5 Å². The summed E-state index contributed by atoms with van der Waals surface area (Å²) in [6.45, 7) is 2.72. The zero-order chi connectivity index (χ0) is 12.3. The number of benzene rings is 1. The Morgan fingerprint density at radius 3 is 3.00 bits per heavy atom. The molecule has 0 amide bonds. The van der Waals surface area contributed by atoms with Crippen LogP contribution in [0.15, 0.2) is 36.8 Å². The third-order valence-electron chi connectivity index (χ3n) is 2.70. The Bertz CT molecular complexity index is 491. The molecule has 2 aromatic rings. The summed E-state index contributed by atoms with van der Waals surface area (Å²) in [4.78, 5) is 4.13. The maximum absolute atomic E-state index is 5.88. The molecule has 0 fully saturated rings. The predicted octanol–water partition coefficient (Wildman–Crippen LogP) is 1.96. The number of methoxy groups -OCH3 is 1. The number of hydrogen-bond acceptors (Lipinski definition) is 3. The summed E-state index contributed by atoms with van der Waals surface area (Å²) >= 11 is 0. The number of hydrogen-bond donors (Lipinski definition) is 1. The van der Waals surface area contributed by atoms with E-state index in [0.717, 1.165) is 18.0 Å². The molecule has 90 valence electrons. The molecule has 1 atom stereocenters. The van der Waals surface area contributed by atoms with E-state index < -0.39 is 0 Å². The molecule has 2 N–H and O–H groups in total. The highest BCUT2D eigenvalue weighted by atomic mass is 16.5. The van der Waals surface area contributed by atoms with E-state index in [9.17, 15) is 0 Å². The summed E-state index contributed by atoms with van der Waals surface area (Å²) < 4.78 is 7.26. The highest BCUT2D eigenvalue weighted by molar-refractivity contribution is 5.28. The van der Waals surface area contributed by atoms with Crippen molar-refractivity contribution in [3.8, 4) is 5.75 Å². The Labute approximate surface area is 101 Å². The second-order valence-electron chi connectivity index (χ2n) is 4.09. The number of ether oxygens (including phenoxy) is 1. The van der Waals surface area contributed by atoms with Crippen LogP contribution in [-0.2, 0) is 6.54 Å². The molecule has 1 aromatic heterocycles. The van der Waals surface area contributed by atoms with Crippen molar-refractivity contribution < 1.29 is 4.74 Å². The molecule has 1 heterocycles. The lowest BCUT2D eigenvalue weighted by atomic mass is 10.2. The summed E-state index contributed by atoms with van der Waals surface area (Å²) in [5, 5.41) is 0. The molecule has 0 spiro atoms. The molecule has 2 rings (SSSR count). The molecule has 0 unspecified atom stereocenters. The Balaban J connectivity index is 2.22. The standard InChI is InChI=1S/C13H17N3O/c1-10(14)13-7-15-9-16(13)8-11-4-3-5-12(6-11)17-2/h3-7,9-10H,8,14H2,1-2H3/t10-/m0/s1. The summed E-state index contributed by atoms with van der Waals surface area (Å²) in [7, 11) is 1.67. The SMILES string of the molecule is COc1cccc(Cn2cncc2[C@H](C)N)c1. The van der Waals surface area contributed by atoms with Gasteiger partial charge in [-0.15, -0.1) is 0 Å². The lowest BCUT2D eigenvalue weighted by Gasteiger charge is -2.11. The van der Waals surface area contributed by atoms with Crippen LogP contribution in [0.25, 0.3) is 0 Å². The first-order valence-corrected chi connectivity index (χ1v) is 5.59. The first-order valence-electron chi connectivity index (χ1n) is 5.59. The fraction of sp³-hybridized carbons (Fsp3) is 0.308. The van der Waals surface area contributed by atoms with Gasteiger partial charge in [0.15, 0.2) is 0 Å². The topological polar surface area (TPSA) is 53.1 Å². The maximum Gasteiger partial charge on any atom is 0.119 e. The normalized spacial score (nSPS) is 12.4. The van der Waals surface area contributed by atoms with Crippen LogP contribution in [-0.4, -0.2) is 16.7 Å². The molecule has 0 saturated carbocycles. The minimum Gasteiger partial charge on any atom is -0.497 e. The van der Waals surface area contributed by atoms with Crippen LogP contribution in [0.2, 0.25) is 0 Å². The highest BCUT2D eigenvalue weighted by Crippen LogP contribution is 2.16. The van der Waals surface area contributed by atoms with Crippen molar-refractivity contribution in [1.29, 1.82) is 0 Å². The van der Waals surface area contributed by atoms with Crippen molar-refractivity contribution in [2.75, 3.05) is 7.11 Å². The monoisotopic (exact) mass is 231 g/mol. The van der Waals surface area contributed by atoms with Gasteiger partial charge in [-0.3, -0.25) is 0 Å². The second kappa shape index (κ2) is 5.01. The van der Waals surface area contributed by atoms with Gasteiger partial charge >= 0.3 is 0 Å². The van der Waals surface area contributed by atoms with Gasteiger partial charge in [-0.1, -0.05) is 12.1 Å². The fourth-order valence-corrected chi connectivity index (χ4v) is 1.81. The van der Waals surface area contributed by atoms with Crippen LogP contribution in [0.1, 0.15) is 24.2 Å². The molecule has 1 aromatic carbocycles. The van der Waals surface area contributed by atoms with Crippen LogP contribution in [0, 0.1) is 0 Å². The van der Waals surface area contributed by atoms with Gasteiger partial charge in [0.05, 0.1) is 19.1 Å². The first kappa shape index (κ1) is 11.7. The van der Waals surface area contributed by atoms with Gasteiger partial charge in [-0.25, -0.2) is 4.98 Å². The molecule has 4 nitrogen and oxygen atoms in total. The van der Waals surface area contributed by atoms with Crippen molar-refractivity contribution in [2.24, 2.45) is 5.73 Å². The van der Waals surface area contributed by atoms with E-state index in [1.54, 1.807) is 13.4 Å². The average Bonchev–Trinajstić information content (AvgIpc) is 2.77. The van der Waals surface area contributed by atoms with E-state index in [1.165, 1.54) is 5.56 Å². The Morgan fingerprint density at radius 1 is 1.47 bits per heavy atom. The molecular weight excluding hydrogens is 214 g/mol. The van der Waals surface area contributed by atoms with Crippen molar-refractivity contribution in [1.82, 2.24) is 9.55 Å². The van der Waals surface area contributed by atoms with Gasteiger partial charge in [-0.05, 0) is 24.6 Å². The quantitative estimate of drug-likeness (QED) is 0.875. The van der Waals surface area contributed by atoms with Crippen LogP contribution in [0.5, 0.6) is 5.75 Å². The first-order chi connectivity index (χ1) is 8.20. The summed E-state index contributed by atoms with van der Waals surface area (Å²) in [5.41, 5.74) is 8.09. The average molecular weight is 231 g/mol. The van der Waals surface area contributed by atoms with E-state index in [-0.39, 0.29) is 6.04 Å². The van der Waals surface area contributed by atoms with E-state index in [2.05, 4.69) is 15.6 Å². The number of rotatable bonds is 4. The molecule has 17 heavy (non-hydrogen) atoms. The van der Waals surface area contributed by atoms with Gasteiger partial charge in [0, 0.05) is 18.8 Å². The molecule has 4 heteroatoms. The number of aromatic nitrogens is 2. The van der Waals surface area contributed by atoms with Crippen molar-refractivity contribution in [3.05, 3.63) is 48.0 Å². The summed E-state index contributed by atoms with van der Waals surface area (Å²) in [6.07, 6.45) is 3.61. The minimum atomic E-state index is -0.0110. The predicted molar refractivity (Wildman–Crippen MR) is 66.9 cm³/mol. The minimum absolute atomic E-state index is 0.0110. The number of nitrogens with two attached hydrogens (primary N) is 1. The lowest BCUT2D eigenvalue weighted by molar-refractivity contribution is 0.414. The Hall–Kier alpha value is -1.81. The van der Waals surface area contributed by atoms with Crippen molar-refractivity contribution >= 4 is 0 Å². The molecule has 0 aliphatic heterocycles. The third-order valence-corrected chi connectivity index (χ3v) is 2.70. The van der Waals surface area contributed by atoms with Crippen LogP contribution in [0.3, 0.4) is 0 Å². The molecular formula is C13H17N3O. The van der Waals surface area contributed by atoms with Crippen molar-refractivity contribution in [2.45, 2.75) is 19.5 Å². The zero-order valence-electron chi connectivity index (χ0n) is 10.1. The van der Waals surface area contributed by atoms with Gasteiger partial charge in [0.2, 0.25) is 0 Å². The maximum atomic E-state index is 5.88. The molecule has 0 aliphatic carbocycles. The largest absolute Gasteiger partial charge is 0.497 e. The Morgan fingerprint density at radius 2 is 2.29 bits per heavy atom. The molecule has 0 aliphatic rings. The lowest BCUT2D eigenvalue weighted by Crippen LogP contribution is -2.12. The van der Waals surface area contributed by atoms with Gasteiger partial charge < -0.3 is 15.0 Å². The Kier molecular flexibility index (Phi) is 3.44. The zero-order valence-corrected chi connectivity index (χ0v) is 10.1. The van der Waals surface area contributed by atoms with E-state index in [1.807, 2.05) is 31.3 Å². The highest BCUT2D eigenvalue weighted by Gasteiger charge is 2.07. The van der Waals surface area contributed by atoms with Gasteiger partial charge in [0.1, 0.15) is 5.75 Å². The van der Waals surface area contributed by atoms with Gasteiger partial charge in [0.25, 0.3) is 0 Å². The van der Waals surface area contributed by atoms with E-state index in [0.29, 0.717) is 0 Å². The molecule has 0 radical (unpaired) electrons. The fourth-order valence-electron chi connectivity index (χ4n) is 1.81. The number of imidazole rings is 1. The van der Waals surface area contributed by atoms with Crippen LogP contribution >= 0.6 is 0 Å². The third kappa shape index (κ3) is 2.65. The number of nitrogens with zero attached hydrogens (tertiary/aromatic N) is 2. The van der Waals surface area contributed by atoms with E-state index >= 15 is 0 Å². The van der Waals surface area contributed by atoms with Gasteiger partial charge in [-0.2, -0.15) is 0 Å². The summed E-state index contributed by atoms with van der Waals surface area (Å²) in [5.74, 6) is 0.866. The van der Waals surface area contributed by atoms with Crippen LogP contribution < -0.4 is 10.5 Å². The molecule has 0 bridgehead atoms. The summed E-state index contributed by atoms with van der Waals surface area (Å²) in [6, 6.07) is 7.99. The van der Waals surface area contributed by atoms with Crippen LogP contribution in [0.4, 0.5) is 0 Å². The second-order valence-corrected chi connectivity index (χ2v) is 4.09. The van der Waals surface area contributed by atoms with Crippen molar-refractivity contribution in [3.63, 3.8) is 0 Å². The molecule has 0 saturated heterocycles.